The summed E-state index contributed by atoms with van der Waals surface area (Å²) in [6, 6.07) is 3.50. The molecule has 0 atom stereocenters. The van der Waals surface area contributed by atoms with Crippen molar-refractivity contribution in [3.8, 4) is 40.2 Å². The van der Waals surface area contributed by atoms with Crippen molar-refractivity contribution in [3.05, 3.63) is 12.1 Å². The molecule has 2 heterocycles. The predicted octanol–water partition coefficient (Wildman–Crippen LogP) is 2.56. The van der Waals surface area contributed by atoms with Crippen LogP contribution in [0.4, 0.5) is 5.82 Å². The maximum atomic E-state index is 5.68. The first-order chi connectivity index (χ1) is 12.7. The standard InChI is InChI=1S/C16H19N5O5/c1-4-22-10-7-9(8-11(23-5-2)13(10)24-6-3)16-18-15(21-25-16)12-14(17)20-26-19-12/h7-8H,4-6H2,1-3H3,(H2,17,20). The zero-order valence-electron chi connectivity index (χ0n) is 14.7. The van der Waals surface area contributed by atoms with Gasteiger partial charge in [-0.3, -0.25) is 0 Å². The molecule has 26 heavy (non-hydrogen) atoms. The number of hydrogen-bond acceptors (Lipinski definition) is 10. The van der Waals surface area contributed by atoms with E-state index >= 15 is 0 Å². The van der Waals surface area contributed by atoms with Crippen molar-refractivity contribution in [2.45, 2.75) is 20.8 Å². The van der Waals surface area contributed by atoms with Crippen LogP contribution >= 0.6 is 0 Å². The van der Waals surface area contributed by atoms with Crippen molar-refractivity contribution in [1.82, 2.24) is 20.5 Å². The van der Waals surface area contributed by atoms with Gasteiger partial charge in [-0.15, -0.1) is 0 Å². The van der Waals surface area contributed by atoms with Crippen LogP contribution in [0.5, 0.6) is 17.2 Å². The lowest BCUT2D eigenvalue weighted by Gasteiger charge is -2.16. The van der Waals surface area contributed by atoms with E-state index in [4.69, 9.17) is 24.5 Å². The van der Waals surface area contributed by atoms with Gasteiger partial charge in [0.1, 0.15) is 0 Å². The Labute approximate surface area is 149 Å². The summed E-state index contributed by atoms with van der Waals surface area (Å²) in [5, 5.41) is 11.0. The molecule has 3 rings (SSSR count). The molecule has 3 aromatic rings. The van der Waals surface area contributed by atoms with Crippen molar-refractivity contribution < 1.29 is 23.4 Å². The molecule has 0 unspecified atom stereocenters. The molecular formula is C16H19N5O5. The van der Waals surface area contributed by atoms with Crippen LogP contribution in [0.25, 0.3) is 23.0 Å². The van der Waals surface area contributed by atoms with Gasteiger partial charge in [0.25, 0.3) is 5.89 Å². The Bertz CT molecular complexity index is 849. The maximum absolute atomic E-state index is 5.68. The second-order valence-electron chi connectivity index (χ2n) is 5.02. The summed E-state index contributed by atoms with van der Waals surface area (Å²) in [6.45, 7) is 7.06. The first-order valence-corrected chi connectivity index (χ1v) is 8.16. The Morgan fingerprint density at radius 1 is 0.923 bits per heavy atom. The Morgan fingerprint density at radius 3 is 2.12 bits per heavy atom. The third kappa shape index (κ3) is 3.39. The van der Waals surface area contributed by atoms with Crippen LogP contribution in [0.3, 0.4) is 0 Å². The molecular weight excluding hydrogens is 342 g/mol. The van der Waals surface area contributed by atoms with Crippen molar-refractivity contribution in [3.63, 3.8) is 0 Å². The second kappa shape index (κ2) is 7.72. The third-order valence-corrected chi connectivity index (χ3v) is 3.31. The normalized spacial score (nSPS) is 10.7. The van der Waals surface area contributed by atoms with Crippen LogP contribution in [0.2, 0.25) is 0 Å². The average Bonchev–Trinajstić information content (AvgIpc) is 3.26. The minimum absolute atomic E-state index is 0.0778. The first-order valence-electron chi connectivity index (χ1n) is 8.16. The molecule has 0 amide bonds. The Kier molecular flexibility index (Phi) is 5.20. The molecule has 0 aliphatic carbocycles. The Hall–Kier alpha value is -3.30. The summed E-state index contributed by atoms with van der Waals surface area (Å²) < 4.78 is 26.9. The van der Waals surface area contributed by atoms with E-state index in [-0.39, 0.29) is 23.2 Å². The predicted molar refractivity (Wildman–Crippen MR) is 90.9 cm³/mol. The van der Waals surface area contributed by atoms with E-state index in [9.17, 15) is 0 Å². The number of benzene rings is 1. The largest absolute Gasteiger partial charge is 0.490 e. The molecule has 0 fully saturated rings. The van der Waals surface area contributed by atoms with Gasteiger partial charge in [-0.2, -0.15) is 4.98 Å². The minimum atomic E-state index is 0.0778. The molecule has 0 radical (unpaired) electrons. The highest BCUT2D eigenvalue weighted by Gasteiger charge is 2.21. The molecule has 10 nitrogen and oxygen atoms in total. The maximum Gasteiger partial charge on any atom is 0.258 e. The van der Waals surface area contributed by atoms with Crippen molar-refractivity contribution in [1.29, 1.82) is 0 Å². The number of aromatic nitrogens is 4. The van der Waals surface area contributed by atoms with E-state index in [0.29, 0.717) is 42.6 Å². The topological polar surface area (TPSA) is 132 Å². The zero-order valence-corrected chi connectivity index (χ0v) is 14.7. The van der Waals surface area contributed by atoms with E-state index in [1.54, 1.807) is 12.1 Å². The molecule has 2 aromatic heterocycles. The van der Waals surface area contributed by atoms with Gasteiger partial charge in [0.05, 0.1) is 19.8 Å². The van der Waals surface area contributed by atoms with Crippen LogP contribution in [0, 0.1) is 0 Å². The highest BCUT2D eigenvalue weighted by atomic mass is 16.6. The average molecular weight is 361 g/mol. The van der Waals surface area contributed by atoms with Gasteiger partial charge in [0.15, 0.2) is 23.0 Å². The fourth-order valence-electron chi connectivity index (χ4n) is 2.30. The third-order valence-electron chi connectivity index (χ3n) is 3.31. The number of nitrogens with two attached hydrogens (primary N) is 1. The van der Waals surface area contributed by atoms with Crippen LogP contribution in [-0.4, -0.2) is 40.3 Å². The van der Waals surface area contributed by atoms with Gasteiger partial charge < -0.3 is 24.5 Å². The molecule has 0 aliphatic heterocycles. The zero-order chi connectivity index (χ0) is 18.5. The van der Waals surface area contributed by atoms with Crippen LogP contribution in [-0.2, 0) is 0 Å². The quantitative estimate of drug-likeness (QED) is 0.638. The summed E-state index contributed by atoms with van der Waals surface area (Å²) >= 11 is 0. The lowest BCUT2D eigenvalue weighted by atomic mass is 10.1. The molecule has 0 saturated heterocycles. The van der Waals surface area contributed by atoms with E-state index in [0.717, 1.165) is 0 Å². The van der Waals surface area contributed by atoms with E-state index in [1.165, 1.54) is 0 Å². The lowest BCUT2D eigenvalue weighted by Crippen LogP contribution is -2.03. The van der Waals surface area contributed by atoms with Gasteiger partial charge in [-0.05, 0) is 43.2 Å². The fourth-order valence-corrected chi connectivity index (χ4v) is 2.30. The van der Waals surface area contributed by atoms with Gasteiger partial charge >= 0.3 is 0 Å². The van der Waals surface area contributed by atoms with E-state index < -0.39 is 0 Å². The first kappa shape index (κ1) is 17.5. The van der Waals surface area contributed by atoms with Crippen LogP contribution < -0.4 is 19.9 Å². The number of nitrogens with zero attached hydrogens (tertiary/aromatic N) is 4. The number of rotatable bonds is 8. The number of anilines is 1. The number of hydrogen-bond donors (Lipinski definition) is 1. The molecule has 0 spiro atoms. The monoisotopic (exact) mass is 361 g/mol. The van der Waals surface area contributed by atoms with Gasteiger partial charge in [0.2, 0.25) is 11.6 Å². The molecule has 2 N–H and O–H groups in total. The number of nitrogen functional groups attached to an aromatic ring is 1. The summed E-state index contributed by atoms with van der Waals surface area (Å²) in [7, 11) is 0. The number of ether oxygens (including phenoxy) is 3. The molecule has 0 aliphatic rings. The summed E-state index contributed by atoms with van der Waals surface area (Å²) in [4.78, 5) is 4.29. The summed E-state index contributed by atoms with van der Waals surface area (Å²) in [6.07, 6.45) is 0. The van der Waals surface area contributed by atoms with Crippen LogP contribution in [0.1, 0.15) is 20.8 Å². The molecule has 10 heteroatoms. The summed E-state index contributed by atoms with van der Waals surface area (Å²) in [5.41, 5.74) is 6.47. The molecule has 138 valence electrons. The van der Waals surface area contributed by atoms with Gasteiger partial charge in [0, 0.05) is 5.56 Å². The molecule has 1 aromatic carbocycles. The van der Waals surface area contributed by atoms with E-state index in [2.05, 4.69) is 25.1 Å². The van der Waals surface area contributed by atoms with Crippen molar-refractivity contribution >= 4 is 5.82 Å². The van der Waals surface area contributed by atoms with Crippen LogP contribution in [0.15, 0.2) is 21.3 Å². The molecule has 0 saturated carbocycles. The second-order valence-corrected chi connectivity index (χ2v) is 5.02. The highest BCUT2D eigenvalue weighted by molar-refractivity contribution is 5.68. The smallest absolute Gasteiger partial charge is 0.258 e. The Balaban J connectivity index is 2.04. The van der Waals surface area contributed by atoms with Crippen molar-refractivity contribution in [2.24, 2.45) is 0 Å². The lowest BCUT2D eigenvalue weighted by molar-refractivity contribution is 0.261. The summed E-state index contributed by atoms with van der Waals surface area (Å²) in [5.74, 6) is 2.07. The SMILES string of the molecule is CCOc1cc(-c2nc(-c3nonc3N)no2)cc(OCC)c1OCC. The fraction of sp³-hybridized carbons (Fsp3) is 0.375. The Morgan fingerprint density at radius 2 is 1.58 bits per heavy atom. The van der Waals surface area contributed by atoms with E-state index in [1.807, 2.05) is 20.8 Å². The van der Waals surface area contributed by atoms with Crippen molar-refractivity contribution in [2.75, 3.05) is 25.6 Å². The minimum Gasteiger partial charge on any atom is -0.490 e. The van der Waals surface area contributed by atoms with Gasteiger partial charge in [-0.1, -0.05) is 5.16 Å². The van der Waals surface area contributed by atoms with Gasteiger partial charge in [-0.25, -0.2) is 4.63 Å². The highest BCUT2D eigenvalue weighted by Crippen LogP contribution is 2.41. The molecule has 0 bridgehead atoms.